The zero-order chi connectivity index (χ0) is 22.1. The number of hydrogen-bond acceptors (Lipinski definition) is 2. The Morgan fingerprint density at radius 3 is 2.30 bits per heavy atom. The van der Waals surface area contributed by atoms with Gasteiger partial charge in [0.2, 0.25) is 11.8 Å². The third-order valence-electron chi connectivity index (χ3n) is 5.14. The number of hydrogen-bond donors (Lipinski definition) is 1. The average Bonchev–Trinajstić information content (AvgIpc) is 2.72. The Morgan fingerprint density at radius 2 is 1.70 bits per heavy atom. The van der Waals surface area contributed by atoms with Crippen LogP contribution >= 0.6 is 23.2 Å². The molecule has 0 heterocycles. The lowest BCUT2D eigenvalue weighted by molar-refractivity contribution is -0.140. The molecule has 2 aromatic carbocycles. The van der Waals surface area contributed by atoms with E-state index in [0.29, 0.717) is 35.0 Å². The lowest BCUT2D eigenvalue weighted by atomic mass is 10.1. The molecule has 0 saturated carbocycles. The maximum absolute atomic E-state index is 13.1. The van der Waals surface area contributed by atoms with E-state index in [1.165, 1.54) is 5.56 Å². The standard InChI is InChI=1S/C24H30Cl2N2O2/c1-4-5-15-27-24(30)18(3)28(16-20-21(25)7-6-8-22(20)26)23(29)14-13-19-11-9-17(2)10-12-19/h6-12,18H,4-5,13-16H2,1-3H3,(H,27,30)/t18-/m0/s1. The number of rotatable bonds is 10. The summed E-state index contributed by atoms with van der Waals surface area (Å²) in [6.07, 6.45) is 2.80. The van der Waals surface area contributed by atoms with Gasteiger partial charge < -0.3 is 10.2 Å². The van der Waals surface area contributed by atoms with Gasteiger partial charge >= 0.3 is 0 Å². The van der Waals surface area contributed by atoms with Crippen molar-refractivity contribution in [1.82, 2.24) is 10.2 Å². The van der Waals surface area contributed by atoms with Crippen molar-refractivity contribution in [2.24, 2.45) is 0 Å². The van der Waals surface area contributed by atoms with Crippen molar-refractivity contribution < 1.29 is 9.59 Å². The Labute approximate surface area is 189 Å². The summed E-state index contributed by atoms with van der Waals surface area (Å²) in [6.45, 7) is 6.63. The van der Waals surface area contributed by atoms with Gasteiger partial charge in [0.05, 0.1) is 0 Å². The molecule has 4 nitrogen and oxygen atoms in total. The van der Waals surface area contributed by atoms with Crippen LogP contribution in [0.15, 0.2) is 42.5 Å². The number of carbonyl (C=O) groups is 2. The van der Waals surface area contributed by atoms with E-state index in [9.17, 15) is 9.59 Å². The highest BCUT2D eigenvalue weighted by molar-refractivity contribution is 6.36. The van der Waals surface area contributed by atoms with Crippen LogP contribution in [-0.2, 0) is 22.6 Å². The number of nitrogens with one attached hydrogen (secondary N) is 1. The quantitative estimate of drug-likeness (QED) is 0.483. The van der Waals surface area contributed by atoms with Crippen LogP contribution in [-0.4, -0.2) is 29.3 Å². The van der Waals surface area contributed by atoms with Crippen LogP contribution in [0.3, 0.4) is 0 Å². The Hall–Kier alpha value is -2.04. The zero-order valence-electron chi connectivity index (χ0n) is 17.9. The minimum atomic E-state index is -0.625. The first-order valence-electron chi connectivity index (χ1n) is 10.4. The Morgan fingerprint density at radius 1 is 1.07 bits per heavy atom. The van der Waals surface area contributed by atoms with Crippen molar-refractivity contribution in [3.8, 4) is 0 Å². The maximum Gasteiger partial charge on any atom is 0.242 e. The Bertz CT molecular complexity index is 833. The zero-order valence-corrected chi connectivity index (χ0v) is 19.4. The summed E-state index contributed by atoms with van der Waals surface area (Å²) in [4.78, 5) is 27.4. The molecule has 0 saturated heterocycles. The molecular weight excluding hydrogens is 419 g/mol. The van der Waals surface area contributed by atoms with Crippen molar-refractivity contribution >= 4 is 35.0 Å². The van der Waals surface area contributed by atoms with E-state index in [-0.39, 0.29) is 18.4 Å². The predicted molar refractivity (Wildman–Crippen MR) is 124 cm³/mol. The molecule has 0 aromatic heterocycles. The Balaban J connectivity index is 2.17. The molecular formula is C24H30Cl2N2O2. The molecule has 2 amide bonds. The fourth-order valence-corrected chi connectivity index (χ4v) is 3.64. The number of unbranched alkanes of at least 4 members (excludes halogenated alkanes) is 1. The summed E-state index contributed by atoms with van der Waals surface area (Å²) in [5, 5.41) is 3.88. The van der Waals surface area contributed by atoms with Crippen LogP contribution in [0.25, 0.3) is 0 Å². The number of aryl methyl sites for hydroxylation is 2. The number of halogens is 2. The molecule has 6 heteroatoms. The molecule has 2 rings (SSSR count). The van der Waals surface area contributed by atoms with E-state index in [4.69, 9.17) is 23.2 Å². The van der Waals surface area contributed by atoms with Crippen LogP contribution < -0.4 is 5.32 Å². The van der Waals surface area contributed by atoms with E-state index in [1.54, 1.807) is 30.0 Å². The summed E-state index contributed by atoms with van der Waals surface area (Å²) < 4.78 is 0. The van der Waals surface area contributed by atoms with E-state index in [0.717, 1.165) is 18.4 Å². The molecule has 2 aromatic rings. The monoisotopic (exact) mass is 448 g/mol. The van der Waals surface area contributed by atoms with Gasteiger partial charge in [0.25, 0.3) is 0 Å². The molecule has 0 aliphatic heterocycles. The van der Waals surface area contributed by atoms with E-state index in [2.05, 4.69) is 12.2 Å². The molecule has 0 aliphatic carbocycles. The molecule has 0 unspecified atom stereocenters. The third kappa shape index (κ3) is 7.03. The van der Waals surface area contributed by atoms with Crippen molar-refractivity contribution in [3.63, 3.8) is 0 Å². The molecule has 0 aliphatic rings. The highest BCUT2D eigenvalue weighted by Crippen LogP contribution is 2.27. The van der Waals surface area contributed by atoms with Gasteiger partial charge in [-0.05, 0) is 44.4 Å². The fourth-order valence-electron chi connectivity index (χ4n) is 3.12. The summed E-state index contributed by atoms with van der Waals surface area (Å²) in [5.41, 5.74) is 2.92. The maximum atomic E-state index is 13.1. The molecule has 1 atom stereocenters. The van der Waals surface area contributed by atoms with Gasteiger partial charge in [-0.15, -0.1) is 0 Å². The molecule has 1 N–H and O–H groups in total. The second-order valence-corrected chi connectivity index (χ2v) is 8.34. The van der Waals surface area contributed by atoms with Crippen LogP contribution in [0.2, 0.25) is 10.0 Å². The van der Waals surface area contributed by atoms with E-state index < -0.39 is 6.04 Å². The van der Waals surface area contributed by atoms with Gasteiger partial charge in [-0.1, -0.05) is 72.4 Å². The summed E-state index contributed by atoms with van der Waals surface area (Å²) in [6, 6.07) is 12.7. The van der Waals surface area contributed by atoms with Gasteiger partial charge in [-0.2, -0.15) is 0 Å². The number of amides is 2. The predicted octanol–water partition coefficient (Wildman–Crippen LogP) is 5.57. The molecule has 0 spiro atoms. The van der Waals surface area contributed by atoms with Crippen molar-refractivity contribution in [2.75, 3.05) is 6.54 Å². The molecule has 0 bridgehead atoms. The second-order valence-electron chi connectivity index (χ2n) is 7.53. The van der Waals surface area contributed by atoms with Crippen LogP contribution in [0.1, 0.15) is 49.8 Å². The first-order chi connectivity index (χ1) is 14.3. The SMILES string of the molecule is CCCCNC(=O)[C@H](C)N(Cc1c(Cl)cccc1Cl)C(=O)CCc1ccc(C)cc1. The summed E-state index contributed by atoms with van der Waals surface area (Å²) in [5.74, 6) is -0.278. The molecule has 0 fully saturated rings. The van der Waals surface area contributed by atoms with Crippen LogP contribution in [0, 0.1) is 6.92 Å². The second kappa shape index (κ2) is 12.0. The largest absolute Gasteiger partial charge is 0.354 e. The number of benzene rings is 2. The van der Waals surface area contributed by atoms with Gasteiger partial charge in [-0.25, -0.2) is 0 Å². The van der Waals surface area contributed by atoms with Crippen LogP contribution in [0.5, 0.6) is 0 Å². The minimum Gasteiger partial charge on any atom is -0.354 e. The lowest BCUT2D eigenvalue weighted by Crippen LogP contribution is -2.48. The van der Waals surface area contributed by atoms with Gasteiger partial charge in [-0.3, -0.25) is 9.59 Å². The van der Waals surface area contributed by atoms with Crippen molar-refractivity contribution in [3.05, 3.63) is 69.2 Å². The molecule has 0 radical (unpaired) electrons. The van der Waals surface area contributed by atoms with E-state index in [1.807, 2.05) is 31.2 Å². The summed E-state index contributed by atoms with van der Waals surface area (Å²) >= 11 is 12.7. The number of nitrogens with zero attached hydrogens (tertiary/aromatic N) is 1. The first kappa shape index (κ1) is 24.2. The third-order valence-corrected chi connectivity index (χ3v) is 5.84. The van der Waals surface area contributed by atoms with Crippen molar-refractivity contribution in [1.29, 1.82) is 0 Å². The molecule has 30 heavy (non-hydrogen) atoms. The van der Waals surface area contributed by atoms with E-state index >= 15 is 0 Å². The fraction of sp³-hybridized carbons (Fsp3) is 0.417. The highest BCUT2D eigenvalue weighted by Gasteiger charge is 2.27. The number of carbonyl (C=O) groups excluding carboxylic acids is 2. The van der Waals surface area contributed by atoms with Crippen molar-refractivity contribution in [2.45, 2.75) is 59.0 Å². The van der Waals surface area contributed by atoms with Gasteiger partial charge in [0.15, 0.2) is 0 Å². The normalized spacial score (nSPS) is 11.8. The summed E-state index contributed by atoms with van der Waals surface area (Å²) in [7, 11) is 0. The molecule has 162 valence electrons. The van der Waals surface area contributed by atoms with Gasteiger partial charge in [0, 0.05) is 35.1 Å². The smallest absolute Gasteiger partial charge is 0.242 e. The first-order valence-corrected chi connectivity index (χ1v) is 11.1. The average molecular weight is 449 g/mol. The van der Waals surface area contributed by atoms with Gasteiger partial charge in [0.1, 0.15) is 6.04 Å². The topological polar surface area (TPSA) is 49.4 Å². The Kier molecular flexibility index (Phi) is 9.67. The minimum absolute atomic E-state index is 0.107. The van der Waals surface area contributed by atoms with Crippen LogP contribution in [0.4, 0.5) is 0 Å². The lowest BCUT2D eigenvalue weighted by Gasteiger charge is -2.29. The highest BCUT2D eigenvalue weighted by atomic mass is 35.5.